The Hall–Kier alpha value is -1.62. The number of methoxy groups -OCH3 is 1. The van der Waals surface area contributed by atoms with E-state index in [1.807, 2.05) is 6.92 Å². The summed E-state index contributed by atoms with van der Waals surface area (Å²) in [6.45, 7) is 1.86. The van der Waals surface area contributed by atoms with Crippen LogP contribution in [0.25, 0.3) is 10.2 Å². The van der Waals surface area contributed by atoms with E-state index in [1.165, 1.54) is 7.11 Å². The van der Waals surface area contributed by atoms with Crippen molar-refractivity contribution in [2.45, 2.75) is 6.92 Å². The van der Waals surface area contributed by atoms with Crippen LogP contribution in [0.15, 0.2) is 12.3 Å². The smallest absolute Gasteiger partial charge is 0.351 e. The van der Waals surface area contributed by atoms with Crippen LogP contribution in [0, 0.1) is 6.92 Å². The minimum Gasteiger partial charge on any atom is -0.505 e. The first-order valence-corrected chi connectivity index (χ1v) is 5.12. The number of ether oxygens (including phenoxy) is 1. The molecule has 0 aliphatic heterocycles. The zero-order valence-electron chi connectivity index (χ0n) is 8.27. The SMILES string of the molecule is COC(=O)c1sc2nccc(C)c2c1O. The molecule has 78 valence electrons. The molecule has 0 bridgehead atoms. The van der Waals surface area contributed by atoms with Crippen LogP contribution in [0.1, 0.15) is 15.2 Å². The maximum atomic E-state index is 11.3. The van der Waals surface area contributed by atoms with Gasteiger partial charge in [0.2, 0.25) is 0 Å². The predicted octanol–water partition coefficient (Wildman–Crippen LogP) is 2.10. The zero-order valence-corrected chi connectivity index (χ0v) is 9.09. The lowest BCUT2D eigenvalue weighted by molar-refractivity contribution is 0.0603. The van der Waals surface area contributed by atoms with Gasteiger partial charge in [0.1, 0.15) is 4.83 Å². The molecule has 0 fully saturated rings. The van der Waals surface area contributed by atoms with Crippen LogP contribution < -0.4 is 0 Å². The van der Waals surface area contributed by atoms with E-state index in [0.29, 0.717) is 10.2 Å². The van der Waals surface area contributed by atoms with Crippen molar-refractivity contribution < 1.29 is 14.6 Å². The quantitative estimate of drug-likeness (QED) is 0.752. The van der Waals surface area contributed by atoms with Gasteiger partial charge in [-0.15, -0.1) is 11.3 Å². The van der Waals surface area contributed by atoms with E-state index in [-0.39, 0.29) is 10.6 Å². The van der Waals surface area contributed by atoms with Crippen molar-refractivity contribution in [1.29, 1.82) is 0 Å². The molecule has 0 aliphatic carbocycles. The maximum absolute atomic E-state index is 11.3. The largest absolute Gasteiger partial charge is 0.505 e. The number of thiophene rings is 1. The van der Waals surface area contributed by atoms with Crippen molar-refractivity contribution >= 4 is 27.5 Å². The second kappa shape index (κ2) is 3.51. The van der Waals surface area contributed by atoms with Gasteiger partial charge < -0.3 is 9.84 Å². The van der Waals surface area contributed by atoms with E-state index in [9.17, 15) is 9.90 Å². The summed E-state index contributed by atoms with van der Waals surface area (Å²) in [5.41, 5.74) is 0.893. The molecule has 4 nitrogen and oxygen atoms in total. The fourth-order valence-electron chi connectivity index (χ4n) is 1.39. The molecule has 1 N–H and O–H groups in total. The van der Waals surface area contributed by atoms with Crippen LogP contribution in [0.3, 0.4) is 0 Å². The molecule has 0 aromatic carbocycles. The Morgan fingerprint density at radius 2 is 2.33 bits per heavy atom. The standard InChI is InChI=1S/C10H9NO3S/c1-5-3-4-11-9-6(5)7(12)8(15-9)10(13)14-2/h3-4,12H,1-2H3. The summed E-state index contributed by atoms with van der Waals surface area (Å²) in [5.74, 6) is -0.567. The average Bonchev–Trinajstić information content (AvgIpc) is 2.56. The number of rotatable bonds is 1. The number of pyridine rings is 1. The minimum absolute atomic E-state index is 0.0348. The summed E-state index contributed by atoms with van der Waals surface area (Å²) in [7, 11) is 1.28. The van der Waals surface area contributed by atoms with E-state index in [2.05, 4.69) is 9.72 Å². The first-order chi connectivity index (χ1) is 7.15. The van der Waals surface area contributed by atoms with E-state index < -0.39 is 5.97 Å². The number of fused-ring (bicyclic) bond motifs is 1. The molecule has 0 atom stereocenters. The third-order valence-electron chi connectivity index (χ3n) is 2.15. The molecular formula is C10H9NO3S. The summed E-state index contributed by atoms with van der Waals surface area (Å²) in [6.07, 6.45) is 1.65. The molecule has 0 amide bonds. The summed E-state index contributed by atoms with van der Waals surface area (Å²) < 4.78 is 4.57. The van der Waals surface area contributed by atoms with Crippen molar-refractivity contribution in [3.05, 3.63) is 22.7 Å². The molecule has 0 radical (unpaired) electrons. The molecule has 0 saturated heterocycles. The molecule has 2 rings (SSSR count). The van der Waals surface area contributed by atoms with E-state index in [4.69, 9.17) is 0 Å². The Labute approximate surface area is 90.1 Å². The fraction of sp³-hybridized carbons (Fsp3) is 0.200. The van der Waals surface area contributed by atoms with Crippen molar-refractivity contribution in [2.24, 2.45) is 0 Å². The topological polar surface area (TPSA) is 59.4 Å². The van der Waals surface area contributed by atoms with Crippen LogP contribution >= 0.6 is 11.3 Å². The number of aryl methyl sites for hydroxylation is 1. The third kappa shape index (κ3) is 1.45. The lowest BCUT2D eigenvalue weighted by Crippen LogP contribution is -1.97. The second-order valence-corrected chi connectivity index (χ2v) is 4.08. The number of hydrogen-bond acceptors (Lipinski definition) is 5. The molecule has 2 aromatic rings. The van der Waals surface area contributed by atoms with Gasteiger partial charge in [-0.25, -0.2) is 9.78 Å². The minimum atomic E-state index is -0.532. The Bertz CT molecular complexity index is 533. The lowest BCUT2D eigenvalue weighted by Gasteiger charge is -1.96. The number of hydrogen-bond donors (Lipinski definition) is 1. The maximum Gasteiger partial charge on any atom is 0.351 e. The van der Waals surface area contributed by atoms with Crippen LogP contribution in [0.4, 0.5) is 0 Å². The van der Waals surface area contributed by atoms with E-state index in [0.717, 1.165) is 16.9 Å². The Morgan fingerprint density at radius 1 is 1.60 bits per heavy atom. The molecule has 0 unspecified atom stereocenters. The molecule has 2 aromatic heterocycles. The highest BCUT2D eigenvalue weighted by Crippen LogP contribution is 2.37. The van der Waals surface area contributed by atoms with Gasteiger partial charge in [-0.3, -0.25) is 0 Å². The summed E-state index contributed by atoms with van der Waals surface area (Å²) in [6, 6.07) is 1.79. The molecule has 5 heteroatoms. The van der Waals surface area contributed by atoms with Gasteiger partial charge in [-0.1, -0.05) is 0 Å². The van der Waals surface area contributed by atoms with Gasteiger partial charge in [0.05, 0.1) is 12.5 Å². The monoisotopic (exact) mass is 223 g/mol. The molecule has 2 heterocycles. The highest BCUT2D eigenvalue weighted by molar-refractivity contribution is 7.20. The molecule has 0 aliphatic rings. The predicted molar refractivity (Wildman–Crippen MR) is 57.4 cm³/mol. The van der Waals surface area contributed by atoms with Gasteiger partial charge in [0.25, 0.3) is 0 Å². The van der Waals surface area contributed by atoms with Crippen molar-refractivity contribution in [3.8, 4) is 5.75 Å². The van der Waals surface area contributed by atoms with Gasteiger partial charge in [0.15, 0.2) is 10.6 Å². The van der Waals surface area contributed by atoms with Gasteiger partial charge >= 0.3 is 5.97 Å². The highest BCUT2D eigenvalue weighted by atomic mass is 32.1. The molecular weight excluding hydrogens is 214 g/mol. The summed E-state index contributed by atoms with van der Waals surface area (Å²) in [4.78, 5) is 16.3. The fourth-order valence-corrected chi connectivity index (χ4v) is 2.42. The Morgan fingerprint density at radius 3 is 2.93 bits per heavy atom. The Balaban J connectivity index is 2.75. The van der Waals surface area contributed by atoms with E-state index >= 15 is 0 Å². The van der Waals surface area contributed by atoms with Crippen molar-refractivity contribution in [1.82, 2.24) is 4.98 Å². The van der Waals surface area contributed by atoms with Crippen molar-refractivity contribution in [3.63, 3.8) is 0 Å². The van der Waals surface area contributed by atoms with Crippen LogP contribution in [0.5, 0.6) is 5.75 Å². The molecule has 0 spiro atoms. The summed E-state index contributed by atoms with van der Waals surface area (Å²) in [5, 5.41) is 10.5. The first-order valence-electron chi connectivity index (χ1n) is 4.30. The molecule has 0 saturated carbocycles. The first kappa shape index (κ1) is 9.92. The van der Waals surface area contributed by atoms with Crippen molar-refractivity contribution in [2.75, 3.05) is 7.11 Å². The van der Waals surface area contributed by atoms with Gasteiger partial charge in [-0.2, -0.15) is 0 Å². The number of nitrogens with zero attached hydrogens (tertiary/aromatic N) is 1. The number of aromatic nitrogens is 1. The number of carbonyl (C=O) groups excluding carboxylic acids is 1. The van der Waals surface area contributed by atoms with Crippen LogP contribution in [0.2, 0.25) is 0 Å². The number of carbonyl (C=O) groups is 1. The van der Waals surface area contributed by atoms with Gasteiger partial charge in [-0.05, 0) is 18.6 Å². The highest BCUT2D eigenvalue weighted by Gasteiger charge is 2.20. The third-order valence-corrected chi connectivity index (χ3v) is 3.21. The Kier molecular flexibility index (Phi) is 2.32. The van der Waals surface area contributed by atoms with Crippen LogP contribution in [-0.4, -0.2) is 23.2 Å². The zero-order chi connectivity index (χ0) is 11.0. The molecule has 15 heavy (non-hydrogen) atoms. The number of aromatic hydroxyl groups is 1. The lowest BCUT2D eigenvalue weighted by atomic mass is 10.2. The summed E-state index contributed by atoms with van der Waals surface area (Å²) >= 11 is 1.14. The normalized spacial score (nSPS) is 10.5. The second-order valence-electron chi connectivity index (χ2n) is 3.08. The van der Waals surface area contributed by atoms with Gasteiger partial charge in [0, 0.05) is 6.20 Å². The average molecular weight is 223 g/mol. The van der Waals surface area contributed by atoms with E-state index in [1.54, 1.807) is 12.3 Å². The number of esters is 1. The van der Waals surface area contributed by atoms with Crippen LogP contribution in [-0.2, 0) is 4.74 Å².